The molecule has 2 aliphatic rings. The maximum atomic E-state index is 6.39. The molecule has 124 valence electrons. The molecule has 0 bridgehead atoms. The van der Waals surface area contributed by atoms with E-state index in [-0.39, 0.29) is 11.4 Å². The third-order valence-electron chi connectivity index (χ3n) is 4.06. The van der Waals surface area contributed by atoms with E-state index in [9.17, 15) is 0 Å². The van der Waals surface area contributed by atoms with Gasteiger partial charge in [-0.3, -0.25) is 15.0 Å². The Hall–Kier alpha value is -2.47. The molecule has 0 aliphatic carbocycles. The molecule has 3 heterocycles. The van der Waals surface area contributed by atoms with Crippen molar-refractivity contribution in [3.63, 3.8) is 0 Å². The van der Waals surface area contributed by atoms with Crippen molar-refractivity contribution in [3.8, 4) is 0 Å². The maximum absolute atomic E-state index is 6.39. The molecular weight excluding hydrogens is 324 g/mol. The minimum Gasteiger partial charge on any atom is -0.401 e. The number of rotatable bonds is 3. The van der Waals surface area contributed by atoms with E-state index in [0.29, 0.717) is 12.2 Å². The van der Waals surface area contributed by atoms with Crippen molar-refractivity contribution < 1.29 is 0 Å². The summed E-state index contributed by atoms with van der Waals surface area (Å²) in [5.41, 5.74) is 10.4. The van der Waals surface area contributed by atoms with Crippen LogP contribution in [0.4, 0.5) is 5.69 Å². The molecule has 0 fully saturated rings. The van der Waals surface area contributed by atoms with Crippen molar-refractivity contribution in [2.75, 3.05) is 25.5 Å². The summed E-state index contributed by atoms with van der Waals surface area (Å²) in [6.07, 6.45) is 10.7. The number of aliphatic imine (C=N–C) groups is 3. The van der Waals surface area contributed by atoms with Gasteiger partial charge in [0.15, 0.2) is 0 Å². The summed E-state index contributed by atoms with van der Waals surface area (Å²) in [5, 5.41) is 0. The Balaban J connectivity index is 2.06. The van der Waals surface area contributed by atoms with E-state index in [2.05, 4.69) is 20.0 Å². The van der Waals surface area contributed by atoms with Gasteiger partial charge in [0, 0.05) is 49.6 Å². The average Bonchev–Trinajstić information content (AvgIpc) is 2.63. The van der Waals surface area contributed by atoms with Gasteiger partial charge in [-0.2, -0.15) is 0 Å². The lowest BCUT2D eigenvalue weighted by Gasteiger charge is -2.28. The van der Waals surface area contributed by atoms with Gasteiger partial charge in [-0.25, -0.2) is 4.99 Å². The lowest BCUT2D eigenvalue weighted by Crippen LogP contribution is -2.28. The normalized spacial score (nSPS) is 23.5. The van der Waals surface area contributed by atoms with E-state index in [1.807, 2.05) is 30.2 Å². The molecule has 1 aromatic heterocycles. The lowest BCUT2D eigenvalue weighted by atomic mass is 9.97. The Kier molecular flexibility index (Phi) is 4.76. The van der Waals surface area contributed by atoms with Gasteiger partial charge >= 0.3 is 0 Å². The number of anilines is 1. The quantitative estimate of drug-likeness (QED) is 0.519. The van der Waals surface area contributed by atoms with Crippen LogP contribution in [-0.4, -0.2) is 49.9 Å². The van der Waals surface area contributed by atoms with E-state index in [4.69, 9.17) is 17.3 Å². The molecule has 0 saturated carbocycles. The number of halogens is 1. The molecule has 2 atom stereocenters. The zero-order valence-electron chi connectivity index (χ0n) is 13.6. The topological polar surface area (TPSA) is 79.2 Å². The zero-order chi connectivity index (χ0) is 17.1. The maximum Gasteiger partial charge on any atom is 0.123 e. The Labute approximate surface area is 146 Å². The Bertz CT molecular complexity index is 777. The second kappa shape index (κ2) is 6.97. The second-order valence-electron chi connectivity index (χ2n) is 5.61. The molecule has 2 N–H and O–H groups in total. The first kappa shape index (κ1) is 16.4. The largest absolute Gasteiger partial charge is 0.401 e. The fraction of sp³-hybridized carbons (Fsp3) is 0.294. The van der Waals surface area contributed by atoms with Crippen LogP contribution in [0.3, 0.4) is 0 Å². The van der Waals surface area contributed by atoms with E-state index < -0.39 is 0 Å². The molecule has 2 aliphatic heterocycles. The van der Waals surface area contributed by atoms with Crippen molar-refractivity contribution >= 4 is 47.7 Å². The molecule has 0 saturated heterocycles. The van der Waals surface area contributed by atoms with Crippen LogP contribution in [0.2, 0.25) is 0 Å². The van der Waals surface area contributed by atoms with Crippen molar-refractivity contribution in [2.45, 2.75) is 5.50 Å². The van der Waals surface area contributed by atoms with Gasteiger partial charge in [0.05, 0.1) is 23.8 Å². The third-order valence-corrected chi connectivity index (χ3v) is 4.49. The summed E-state index contributed by atoms with van der Waals surface area (Å²) in [6, 6.07) is 2.04. The van der Waals surface area contributed by atoms with Crippen LogP contribution in [0.5, 0.6) is 0 Å². The molecule has 7 heteroatoms. The van der Waals surface area contributed by atoms with E-state index in [1.54, 1.807) is 32.0 Å². The van der Waals surface area contributed by atoms with Crippen LogP contribution in [0, 0.1) is 5.92 Å². The van der Waals surface area contributed by atoms with Gasteiger partial charge < -0.3 is 10.6 Å². The van der Waals surface area contributed by atoms with Crippen molar-refractivity contribution in [1.29, 1.82) is 0 Å². The number of pyridine rings is 1. The number of allylic oxidation sites excluding steroid dienone is 1. The first-order valence-electron chi connectivity index (χ1n) is 7.60. The lowest BCUT2D eigenvalue weighted by molar-refractivity contribution is 0.812. The molecule has 0 amide bonds. The average molecular weight is 343 g/mol. The molecule has 3 rings (SSSR count). The predicted molar refractivity (Wildman–Crippen MR) is 102 cm³/mol. The van der Waals surface area contributed by atoms with E-state index in [0.717, 1.165) is 22.5 Å². The van der Waals surface area contributed by atoms with Crippen LogP contribution in [0.15, 0.2) is 39.0 Å². The fourth-order valence-electron chi connectivity index (χ4n) is 2.68. The van der Waals surface area contributed by atoms with Crippen LogP contribution in [0.25, 0.3) is 11.6 Å². The first-order valence-corrected chi connectivity index (χ1v) is 8.04. The molecule has 1 aromatic rings. The monoisotopic (exact) mass is 342 g/mol. The highest BCUT2D eigenvalue weighted by Gasteiger charge is 2.21. The molecule has 2 unspecified atom stereocenters. The van der Waals surface area contributed by atoms with Gasteiger partial charge in [0.2, 0.25) is 0 Å². The summed E-state index contributed by atoms with van der Waals surface area (Å²) in [5.74, 6) is -0.0440. The van der Waals surface area contributed by atoms with Crippen LogP contribution in [-0.2, 0) is 0 Å². The van der Waals surface area contributed by atoms with Crippen LogP contribution < -0.4 is 10.6 Å². The van der Waals surface area contributed by atoms with Gasteiger partial charge in [-0.05, 0) is 18.2 Å². The Morgan fingerprint density at radius 2 is 2.33 bits per heavy atom. The van der Waals surface area contributed by atoms with E-state index in [1.165, 1.54) is 0 Å². The predicted octanol–water partition coefficient (Wildman–Crippen LogP) is 2.21. The number of hydrogen-bond donors (Lipinski definition) is 1. The number of nitrogens with zero attached hydrogens (tertiary/aromatic N) is 5. The number of hydrogen-bond acceptors (Lipinski definition) is 6. The second-order valence-corrected chi connectivity index (χ2v) is 6.06. The highest BCUT2D eigenvalue weighted by molar-refractivity contribution is 6.23. The van der Waals surface area contributed by atoms with Gasteiger partial charge in [-0.15, -0.1) is 0 Å². The Morgan fingerprint density at radius 1 is 1.50 bits per heavy atom. The molecule has 6 nitrogen and oxygen atoms in total. The first-order chi connectivity index (χ1) is 11.6. The molecule has 24 heavy (non-hydrogen) atoms. The SMILES string of the molecule is CN=CC(=C(N)C1C=NC=NC1)c1cnc2c(c1)N(C)C(Cl)C=C2. The summed E-state index contributed by atoms with van der Waals surface area (Å²) in [6.45, 7) is 0.584. The summed E-state index contributed by atoms with van der Waals surface area (Å²) in [4.78, 5) is 18.9. The van der Waals surface area contributed by atoms with Gasteiger partial charge in [0.1, 0.15) is 11.8 Å². The molecular formula is C17H19ClN6. The summed E-state index contributed by atoms with van der Waals surface area (Å²) >= 11 is 6.29. The highest BCUT2D eigenvalue weighted by Crippen LogP contribution is 2.31. The number of aromatic nitrogens is 1. The third kappa shape index (κ3) is 3.10. The van der Waals surface area contributed by atoms with Crippen molar-refractivity contribution in [2.24, 2.45) is 26.6 Å². The molecule has 0 aromatic carbocycles. The molecule has 0 spiro atoms. The number of alkyl halides is 1. The number of nitrogens with two attached hydrogens (primary N) is 1. The summed E-state index contributed by atoms with van der Waals surface area (Å²) in [7, 11) is 3.66. The zero-order valence-corrected chi connectivity index (χ0v) is 14.4. The van der Waals surface area contributed by atoms with Crippen molar-refractivity contribution in [3.05, 3.63) is 35.3 Å². The van der Waals surface area contributed by atoms with Gasteiger partial charge in [0.25, 0.3) is 0 Å². The number of fused-ring (bicyclic) bond motifs is 1. The van der Waals surface area contributed by atoms with Crippen LogP contribution in [0.1, 0.15) is 11.3 Å². The molecule has 0 radical (unpaired) electrons. The standard InChI is InChI=1S/C17H19ClN6/c1-20-9-13(17(19)12-6-21-10-22-7-12)11-5-15-14(23-8-11)3-4-16(18)24(15)2/h3-6,8-10,12,16H,7,19H2,1-2H3. The number of likely N-dealkylation sites (N-methyl/N-ethyl adjacent to an activating group) is 1. The summed E-state index contributed by atoms with van der Waals surface area (Å²) < 4.78 is 0. The minimum atomic E-state index is -0.195. The fourth-order valence-corrected chi connectivity index (χ4v) is 2.85. The minimum absolute atomic E-state index is 0.0440. The highest BCUT2D eigenvalue weighted by atomic mass is 35.5. The van der Waals surface area contributed by atoms with Crippen molar-refractivity contribution in [1.82, 2.24) is 4.98 Å². The van der Waals surface area contributed by atoms with Crippen LogP contribution >= 0.6 is 11.6 Å². The Morgan fingerprint density at radius 3 is 3.04 bits per heavy atom. The van der Waals surface area contributed by atoms with E-state index >= 15 is 0 Å². The smallest absolute Gasteiger partial charge is 0.123 e. The van der Waals surface area contributed by atoms with Gasteiger partial charge in [-0.1, -0.05) is 11.6 Å².